The lowest BCUT2D eigenvalue weighted by molar-refractivity contribution is 0.315. The molecule has 0 amide bonds. The van der Waals surface area contributed by atoms with E-state index in [4.69, 9.17) is 10.4 Å². The van der Waals surface area contributed by atoms with Gasteiger partial charge in [0.1, 0.15) is 0 Å². The fourth-order valence-corrected chi connectivity index (χ4v) is 2.42. The summed E-state index contributed by atoms with van der Waals surface area (Å²) >= 11 is 0. The zero-order chi connectivity index (χ0) is 12.8. The lowest BCUT2D eigenvalue weighted by Gasteiger charge is -2.20. The van der Waals surface area contributed by atoms with Gasteiger partial charge < -0.3 is 11.1 Å². The average Bonchev–Trinajstić information content (AvgIpc) is 2.97. The van der Waals surface area contributed by atoms with Gasteiger partial charge in [0.05, 0.1) is 11.4 Å². The van der Waals surface area contributed by atoms with Gasteiger partial charge in [0.15, 0.2) is 11.0 Å². The number of anilines is 2. The van der Waals surface area contributed by atoms with Gasteiger partial charge in [0.2, 0.25) is 0 Å². The number of hydrogen-bond acceptors (Lipinski definition) is 5. The number of fused-ring (bicyclic) bond motifs is 1. The second-order valence-electron chi connectivity index (χ2n) is 5.53. The van der Waals surface area contributed by atoms with E-state index in [1.165, 1.54) is 12.8 Å². The first-order valence-electron chi connectivity index (χ1n) is 6.37. The number of rotatable bonds is 4. The molecule has 96 valence electrons. The Kier molecular flexibility index (Phi) is 2.43. The minimum atomic E-state index is 0.449. The first-order chi connectivity index (χ1) is 8.62. The molecule has 1 saturated carbocycles. The van der Waals surface area contributed by atoms with E-state index in [2.05, 4.69) is 29.5 Å². The summed E-state index contributed by atoms with van der Waals surface area (Å²) in [6, 6.07) is 3.78. The van der Waals surface area contributed by atoms with Crippen molar-refractivity contribution in [2.24, 2.45) is 11.3 Å². The van der Waals surface area contributed by atoms with Gasteiger partial charge in [-0.2, -0.15) is 0 Å². The molecule has 5 nitrogen and oxygen atoms in total. The molecule has 1 heterocycles. The topological polar surface area (TPSA) is 77.0 Å². The van der Waals surface area contributed by atoms with Crippen LogP contribution < -0.4 is 11.1 Å². The third kappa shape index (κ3) is 1.70. The van der Waals surface area contributed by atoms with Crippen LogP contribution in [0.1, 0.15) is 26.7 Å². The number of nitrogens with zero attached hydrogens (tertiary/aromatic N) is 2. The van der Waals surface area contributed by atoms with Crippen molar-refractivity contribution in [3.63, 3.8) is 0 Å². The Labute approximate surface area is 106 Å². The minimum Gasteiger partial charge on any atom is -0.397 e. The number of benzene rings is 1. The van der Waals surface area contributed by atoms with Crippen LogP contribution in [0.3, 0.4) is 0 Å². The fourth-order valence-electron chi connectivity index (χ4n) is 2.42. The standard InChI is InChI=1S/C13H18N4O/c1-8(2)13(5-6-13)7-15-10-4-3-9(14)11-12(10)17-18-16-11/h3-4,8,15H,5-7,14H2,1-2H3. The molecular weight excluding hydrogens is 228 g/mol. The molecule has 1 aromatic carbocycles. The van der Waals surface area contributed by atoms with Crippen LogP contribution in [0.2, 0.25) is 0 Å². The predicted octanol–water partition coefficient (Wildman–Crippen LogP) is 2.65. The van der Waals surface area contributed by atoms with E-state index in [1.807, 2.05) is 12.1 Å². The van der Waals surface area contributed by atoms with Crippen molar-refractivity contribution < 1.29 is 4.63 Å². The molecule has 2 aromatic rings. The van der Waals surface area contributed by atoms with Crippen molar-refractivity contribution >= 4 is 22.4 Å². The Morgan fingerprint density at radius 1 is 1.33 bits per heavy atom. The zero-order valence-corrected chi connectivity index (χ0v) is 10.7. The fraction of sp³-hybridized carbons (Fsp3) is 0.538. The van der Waals surface area contributed by atoms with Crippen LogP contribution in [0.5, 0.6) is 0 Å². The summed E-state index contributed by atoms with van der Waals surface area (Å²) in [4.78, 5) is 0. The first-order valence-corrected chi connectivity index (χ1v) is 6.37. The summed E-state index contributed by atoms with van der Waals surface area (Å²) in [6.45, 7) is 5.53. The van der Waals surface area contributed by atoms with Crippen LogP contribution in [-0.2, 0) is 0 Å². The minimum absolute atomic E-state index is 0.449. The maximum Gasteiger partial charge on any atom is 0.160 e. The molecule has 0 radical (unpaired) electrons. The van der Waals surface area contributed by atoms with E-state index >= 15 is 0 Å². The van der Waals surface area contributed by atoms with Crippen LogP contribution in [0.15, 0.2) is 16.8 Å². The number of nitrogens with two attached hydrogens (primary N) is 1. The largest absolute Gasteiger partial charge is 0.397 e. The van der Waals surface area contributed by atoms with Crippen LogP contribution in [-0.4, -0.2) is 16.9 Å². The van der Waals surface area contributed by atoms with Gasteiger partial charge in [-0.3, -0.25) is 0 Å². The van der Waals surface area contributed by atoms with Gasteiger partial charge in [0, 0.05) is 6.54 Å². The number of aromatic nitrogens is 2. The van der Waals surface area contributed by atoms with Gasteiger partial charge in [-0.25, -0.2) is 4.63 Å². The van der Waals surface area contributed by atoms with Gasteiger partial charge in [0.25, 0.3) is 0 Å². The first kappa shape index (κ1) is 11.3. The van der Waals surface area contributed by atoms with Gasteiger partial charge >= 0.3 is 0 Å². The number of nitrogens with one attached hydrogen (secondary N) is 1. The molecule has 5 heteroatoms. The highest BCUT2D eigenvalue weighted by Crippen LogP contribution is 2.51. The van der Waals surface area contributed by atoms with E-state index in [0.717, 1.165) is 17.7 Å². The highest BCUT2D eigenvalue weighted by Gasteiger charge is 2.44. The summed E-state index contributed by atoms with van der Waals surface area (Å²) < 4.78 is 4.76. The maximum atomic E-state index is 5.82. The van der Waals surface area contributed by atoms with Gasteiger partial charge in [-0.05, 0) is 46.6 Å². The molecule has 18 heavy (non-hydrogen) atoms. The summed E-state index contributed by atoms with van der Waals surface area (Å²) in [5.74, 6) is 0.699. The Hall–Kier alpha value is -1.78. The highest BCUT2D eigenvalue weighted by atomic mass is 16.6. The van der Waals surface area contributed by atoms with Crippen molar-refractivity contribution in [3.8, 4) is 0 Å². The van der Waals surface area contributed by atoms with E-state index in [0.29, 0.717) is 22.5 Å². The normalized spacial score (nSPS) is 17.3. The quantitative estimate of drug-likeness (QED) is 0.811. The lowest BCUT2D eigenvalue weighted by atomic mass is 9.92. The molecule has 0 atom stereocenters. The Morgan fingerprint density at radius 3 is 2.72 bits per heavy atom. The lowest BCUT2D eigenvalue weighted by Crippen LogP contribution is -2.21. The third-order valence-electron chi connectivity index (χ3n) is 4.19. The maximum absolute atomic E-state index is 5.82. The number of nitrogen functional groups attached to an aromatic ring is 1. The van der Waals surface area contributed by atoms with Crippen LogP contribution in [0.25, 0.3) is 11.0 Å². The van der Waals surface area contributed by atoms with Crippen LogP contribution in [0.4, 0.5) is 11.4 Å². The average molecular weight is 246 g/mol. The molecular formula is C13H18N4O. The van der Waals surface area contributed by atoms with Crippen molar-refractivity contribution in [2.75, 3.05) is 17.6 Å². The molecule has 1 fully saturated rings. The molecule has 0 bridgehead atoms. The summed E-state index contributed by atoms with van der Waals surface area (Å²) in [6.07, 6.45) is 2.60. The molecule has 3 N–H and O–H groups in total. The van der Waals surface area contributed by atoms with Crippen molar-refractivity contribution in [3.05, 3.63) is 12.1 Å². The van der Waals surface area contributed by atoms with E-state index in [1.54, 1.807) is 0 Å². The Balaban J connectivity index is 1.83. The van der Waals surface area contributed by atoms with E-state index in [9.17, 15) is 0 Å². The molecule has 0 unspecified atom stereocenters. The smallest absolute Gasteiger partial charge is 0.160 e. The Bertz CT molecular complexity index is 571. The Morgan fingerprint density at radius 2 is 2.06 bits per heavy atom. The molecule has 1 aliphatic carbocycles. The van der Waals surface area contributed by atoms with E-state index in [-0.39, 0.29) is 0 Å². The highest BCUT2D eigenvalue weighted by molar-refractivity contribution is 5.94. The predicted molar refractivity (Wildman–Crippen MR) is 71.2 cm³/mol. The second kappa shape index (κ2) is 3.86. The van der Waals surface area contributed by atoms with Crippen LogP contribution >= 0.6 is 0 Å². The van der Waals surface area contributed by atoms with Crippen molar-refractivity contribution in [1.82, 2.24) is 10.3 Å². The molecule has 0 aliphatic heterocycles. The third-order valence-corrected chi connectivity index (χ3v) is 4.19. The summed E-state index contributed by atoms with van der Waals surface area (Å²) in [5, 5.41) is 11.2. The number of hydrogen-bond donors (Lipinski definition) is 2. The molecule has 3 rings (SSSR count). The molecule has 0 spiro atoms. The van der Waals surface area contributed by atoms with Gasteiger partial charge in [-0.1, -0.05) is 13.8 Å². The summed E-state index contributed by atoms with van der Waals surface area (Å²) in [5.41, 5.74) is 9.17. The SMILES string of the molecule is CC(C)C1(CNc2ccc(N)c3nonc23)CC1. The molecule has 1 aliphatic rings. The summed E-state index contributed by atoms with van der Waals surface area (Å²) in [7, 11) is 0. The second-order valence-corrected chi connectivity index (χ2v) is 5.53. The molecule has 1 aromatic heterocycles. The van der Waals surface area contributed by atoms with Crippen molar-refractivity contribution in [2.45, 2.75) is 26.7 Å². The van der Waals surface area contributed by atoms with Gasteiger partial charge in [-0.15, -0.1) is 0 Å². The monoisotopic (exact) mass is 246 g/mol. The van der Waals surface area contributed by atoms with Crippen molar-refractivity contribution in [1.29, 1.82) is 0 Å². The molecule has 0 saturated heterocycles. The van der Waals surface area contributed by atoms with Crippen LogP contribution in [0, 0.1) is 11.3 Å². The zero-order valence-electron chi connectivity index (χ0n) is 10.7. The van der Waals surface area contributed by atoms with E-state index < -0.39 is 0 Å².